The lowest BCUT2D eigenvalue weighted by Crippen LogP contribution is -2.39. The number of carbonyl (C=O) groups is 2. The second-order valence-electron chi connectivity index (χ2n) is 4.45. The third-order valence-corrected chi connectivity index (χ3v) is 3.46. The number of hydrogen-bond donors (Lipinski definition) is 0. The fourth-order valence-electron chi connectivity index (χ4n) is 2.48. The van der Waals surface area contributed by atoms with E-state index in [4.69, 9.17) is 9.47 Å². The molecule has 1 aromatic rings. The Hall–Kier alpha value is -2.04. The van der Waals surface area contributed by atoms with Crippen LogP contribution in [0.2, 0.25) is 0 Å². The summed E-state index contributed by atoms with van der Waals surface area (Å²) < 4.78 is 10.5. The van der Waals surface area contributed by atoms with Gasteiger partial charge < -0.3 is 19.2 Å². The molecule has 5 nitrogen and oxygen atoms in total. The quantitative estimate of drug-likeness (QED) is 0.772. The van der Waals surface area contributed by atoms with Gasteiger partial charge in [0.25, 0.3) is 0 Å². The molecular weight excluding hydrogens is 246 g/mol. The zero-order valence-corrected chi connectivity index (χ0v) is 11.3. The predicted molar refractivity (Wildman–Crippen MR) is 69.4 cm³/mol. The molecule has 1 aliphatic rings. The number of ether oxygens (including phenoxy) is 2. The van der Waals surface area contributed by atoms with Crippen molar-refractivity contribution in [3.63, 3.8) is 0 Å². The molecule has 0 spiro atoms. The molecule has 0 aromatic heterocycles. The largest absolute Gasteiger partial charge is 0.493 e. The van der Waals surface area contributed by atoms with Crippen molar-refractivity contribution in [1.29, 1.82) is 0 Å². The second kappa shape index (κ2) is 5.30. The van der Waals surface area contributed by atoms with Gasteiger partial charge in [-0.1, -0.05) is 0 Å². The maximum Gasteiger partial charge on any atom is 0.220 e. The van der Waals surface area contributed by atoms with Gasteiger partial charge in [0.05, 0.1) is 14.2 Å². The van der Waals surface area contributed by atoms with E-state index in [1.165, 1.54) is 6.92 Å². The van der Waals surface area contributed by atoms with Crippen LogP contribution in [0.3, 0.4) is 0 Å². The van der Waals surface area contributed by atoms with Gasteiger partial charge in [0.2, 0.25) is 5.91 Å². The molecule has 0 unspecified atom stereocenters. The summed E-state index contributed by atoms with van der Waals surface area (Å²) in [7, 11) is 3.12. The first kappa shape index (κ1) is 13.4. The van der Waals surface area contributed by atoms with Crippen LogP contribution in [0.25, 0.3) is 0 Å². The molecule has 5 heteroatoms. The molecule has 1 aliphatic heterocycles. The summed E-state index contributed by atoms with van der Waals surface area (Å²) in [6.07, 6.45) is 1.50. The van der Waals surface area contributed by atoms with Crippen LogP contribution in [-0.2, 0) is 16.0 Å². The number of carbonyl (C=O) groups excluding carboxylic acids is 2. The van der Waals surface area contributed by atoms with Gasteiger partial charge in [-0.05, 0) is 29.7 Å². The summed E-state index contributed by atoms with van der Waals surface area (Å²) in [5.41, 5.74) is 1.83. The number of amides is 1. The van der Waals surface area contributed by atoms with Gasteiger partial charge in [-0.15, -0.1) is 0 Å². The molecule has 0 radical (unpaired) electrons. The molecule has 0 saturated carbocycles. The van der Waals surface area contributed by atoms with Crippen molar-refractivity contribution in [2.75, 3.05) is 20.8 Å². The number of rotatable bonds is 3. The van der Waals surface area contributed by atoms with Crippen molar-refractivity contribution in [1.82, 2.24) is 4.90 Å². The van der Waals surface area contributed by atoms with Crippen LogP contribution >= 0.6 is 0 Å². The first-order valence-corrected chi connectivity index (χ1v) is 6.09. The SMILES string of the molecule is COc1cc2c(cc1OC)[C@H](C=O)N(C(C)=O)CC2. The summed E-state index contributed by atoms with van der Waals surface area (Å²) in [5.74, 6) is 1.11. The lowest BCUT2D eigenvalue weighted by Gasteiger charge is -2.34. The molecule has 0 aliphatic carbocycles. The second-order valence-corrected chi connectivity index (χ2v) is 4.45. The fourth-order valence-corrected chi connectivity index (χ4v) is 2.48. The number of nitrogens with zero attached hydrogens (tertiary/aromatic N) is 1. The highest BCUT2D eigenvalue weighted by atomic mass is 16.5. The van der Waals surface area contributed by atoms with E-state index in [0.717, 1.165) is 17.4 Å². The standard InChI is InChI=1S/C14H17NO4/c1-9(17)15-5-4-10-6-13(18-2)14(19-3)7-11(10)12(15)8-16/h6-8,12H,4-5H2,1-3H3/t12-/m0/s1. The number of aldehydes is 1. The number of methoxy groups -OCH3 is 2. The van der Waals surface area contributed by atoms with Crippen molar-refractivity contribution in [3.8, 4) is 11.5 Å². The molecule has 0 bridgehead atoms. The molecule has 0 fully saturated rings. The highest BCUT2D eigenvalue weighted by molar-refractivity contribution is 5.79. The maximum absolute atomic E-state index is 11.6. The van der Waals surface area contributed by atoms with Gasteiger partial charge in [-0.2, -0.15) is 0 Å². The predicted octanol–water partition coefficient (Wildman–Crippen LogP) is 1.35. The molecule has 102 valence electrons. The number of hydrogen-bond acceptors (Lipinski definition) is 4. The highest BCUT2D eigenvalue weighted by Crippen LogP contribution is 2.37. The Morgan fingerprint density at radius 1 is 1.32 bits per heavy atom. The lowest BCUT2D eigenvalue weighted by molar-refractivity contribution is -0.135. The molecule has 0 saturated heterocycles. The Morgan fingerprint density at radius 2 is 1.95 bits per heavy atom. The monoisotopic (exact) mass is 263 g/mol. The molecule has 0 N–H and O–H groups in total. The van der Waals surface area contributed by atoms with Gasteiger partial charge in [0.15, 0.2) is 11.5 Å². The van der Waals surface area contributed by atoms with E-state index in [0.29, 0.717) is 24.5 Å². The van der Waals surface area contributed by atoms with E-state index in [1.54, 1.807) is 25.2 Å². The van der Waals surface area contributed by atoms with Crippen molar-refractivity contribution in [2.45, 2.75) is 19.4 Å². The molecular formula is C14H17NO4. The number of fused-ring (bicyclic) bond motifs is 1. The van der Waals surface area contributed by atoms with E-state index in [2.05, 4.69) is 0 Å². The lowest BCUT2D eigenvalue weighted by atomic mass is 9.92. The average Bonchev–Trinajstić information content (AvgIpc) is 2.43. The van der Waals surface area contributed by atoms with E-state index in [-0.39, 0.29) is 5.91 Å². The summed E-state index contributed by atoms with van der Waals surface area (Å²) in [5, 5.41) is 0. The first-order valence-electron chi connectivity index (χ1n) is 6.09. The Morgan fingerprint density at radius 3 is 2.47 bits per heavy atom. The Labute approximate surface area is 112 Å². The van der Waals surface area contributed by atoms with Crippen molar-refractivity contribution >= 4 is 12.2 Å². The van der Waals surface area contributed by atoms with Gasteiger partial charge in [0.1, 0.15) is 12.3 Å². The summed E-state index contributed by atoms with van der Waals surface area (Å²) in [6, 6.07) is 3.12. The van der Waals surface area contributed by atoms with E-state index < -0.39 is 6.04 Å². The van der Waals surface area contributed by atoms with Crippen LogP contribution in [0.5, 0.6) is 11.5 Å². The maximum atomic E-state index is 11.6. The van der Waals surface area contributed by atoms with E-state index >= 15 is 0 Å². The van der Waals surface area contributed by atoms with Crippen LogP contribution in [0.4, 0.5) is 0 Å². The smallest absolute Gasteiger partial charge is 0.220 e. The van der Waals surface area contributed by atoms with E-state index in [9.17, 15) is 9.59 Å². The third kappa shape index (κ3) is 2.28. The van der Waals surface area contributed by atoms with Gasteiger partial charge in [-0.25, -0.2) is 0 Å². The van der Waals surface area contributed by atoms with Gasteiger partial charge in [-0.3, -0.25) is 4.79 Å². The topological polar surface area (TPSA) is 55.8 Å². The van der Waals surface area contributed by atoms with Crippen LogP contribution in [0, 0.1) is 0 Å². The highest BCUT2D eigenvalue weighted by Gasteiger charge is 2.30. The number of benzene rings is 1. The van der Waals surface area contributed by atoms with Gasteiger partial charge >= 0.3 is 0 Å². The summed E-state index contributed by atoms with van der Waals surface area (Å²) in [4.78, 5) is 24.5. The van der Waals surface area contributed by atoms with Crippen molar-refractivity contribution in [2.24, 2.45) is 0 Å². The molecule has 1 aromatic carbocycles. The average molecular weight is 263 g/mol. The molecule has 1 heterocycles. The zero-order chi connectivity index (χ0) is 14.0. The molecule has 2 rings (SSSR count). The molecule has 19 heavy (non-hydrogen) atoms. The Kier molecular flexibility index (Phi) is 3.74. The van der Waals surface area contributed by atoms with Crippen molar-refractivity contribution < 1.29 is 19.1 Å². The Bertz CT molecular complexity index is 512. The zero-order valence-electron chi connectivity index (χ0n) is 11.3. The minimum Gasteiger partial charge on any atom is -0.493 e. The minimum absolute atomic E-state index is 0.0995. The van der Waals surface area contributed by atoms with Gasteiger partial charge in [0, 0.05) is 13.5 Å². The summed E-state index contributed by atoms with van der Waals surface area (Å²) >= 11 is 0. The van der Waals surface area contributed by atoms with E-state index in [1.807, 2.05) is 6.07 Å². The van der Waals surface area contributed by atoms with Crippen LogP contribution in [0.1, 0.15) is 24.1 Å². The Balaban J connectivity index is 2.51. The summed E-state index contributed by atoms with van der Waals surface area (Å²) in [6.45, 7) is 2.02. The van der Waals surface area contributed by atoms with Crippen LogP contribution < -0.4 is 9.47 Å². The third-order valence-electron chi connectivity index (χ3n) is 3.46. The normalized spacial score (nSPS) is 17.6. The van der Waals surface area contributed by atoms with Crippen LogP contribution in [0.15, 0.2) is 12.1 Å². The van der Waals surface area contributed by atoms with Crippen molar-refractivity contribution in [3.05, 3.63) is 23.3 Å². The first-order chi connectivity index (χ1) is 9.12. The molecule has 1 amide bonds. The van der Waals surface area contributed by atoms with Crippen LogP contribution in [-0.4, -0.2) is 37.9 Å². The fraction of sp³-hybridized carbons (Fsp3) is 0.429. The minimum atomic E-state index is -0.541. The molecule has 1 atom stereocenters.